The Labute approximate surface area is 85.5 Å². The van der Waals surface area contributed by atoms with Crippen LogP contribution in [0.25, 0.3) is 0 Å². The van der Waals surface area contributed by atoms with Crippen LogP contribution in [0.5, 0.6) is 0 Å². The van der Waals surface area contributed by atoms with Gasteiger partial charge in [-0.2, -0.15) is 0 Å². The van der Waals surface area contributed by atoms with Crippen molar-refractivity contribution in [2.45, 2.75) is 12.5 Å². The largest absolute Gasteiger partial charge is 0.319 e. The Balaban J connectivity index is 2.39. The Morgan fingerprint density at radius 1 is 1.40 bits per heavy atom. The molecule has 1 heterocycles. The first kappa shape index (κ1) is 9.79. The number of halogens is 1. The number of carbonyl (C=O) groups excluding carboxylic acids is 2. The fraction of sp³-hybridized carbons (Fsp3) is 0.200. The van der Waals surface area contributed by atoms with Gasteiger partial charge in [0.15, 0.2) is 0 Å². The van der Waals surface area contributed by atoms with Crippen LogP contribution in [0.1, 0.15) is 6.42 Å². The van der Waals surface area contributed by atoms with Gasteiger partial charge in [0.1, 0.15) is 5.82 Å². The first-order valence-corrected chi connectivity index (χ1v) is 4.47. The van der Waals surface area contributed by atoms with E-state index in [2.05, 4.69) is 0 Å². The Bertz CT molecular complexity index is 433. The summed E-state index contributed by atoms with van der Waals surface area (Å²) < 4.78 is 12.9. The van der Waals surface area contributed by atoms with Gasteiger partial charge >= 0.3 is 0 Å². The molecule has 1 saturated heterocycles. The van der Waals surface area contributed by atoms with Gasteiger partial charge in [0.25, 0.3) is 5.91 Å². The van der Waals surface area contributed by atoms with E-state index in [1.54, 1.807) is 0 Å². The first-order chi connectivity index (χ1) is 7.09. The van der Waals surface area contributed by atoms with Crippen LogP contribution < -0.4 is 10.6 Å². The lowest BCUT2D eigenvalue weighted by molar-refractivity contribution is -0.121. The molecule has 0 saturated carbocycles. The molecule has 5 heteroatoms. The van der Waals surface area contributed by atoms with Crippen LogP contribution in [0, 0.1) is 5.82 Å². The number of nitrogens with two attached hydrogens (primary N) is 1. The summed E-state index contributed by atoms with van der Waals surface area (Å²) in [6, 6.07) is 4.51. The van der Waals surface area contributed by atoms with Crippen LogP contribution in [-0.2, 0) is 9.59 Å². The lowest BCUT2D eigenvalue weighted by Gasteiger charge is -2.13. The molecule has 2 N–H and O–H groups in total. The van der Waals surface area contributed by atoms with Crippen molar-refractivity contribution in [3.63, 3.8) is 0 Å². The lowest BCUT2D eigenvalue weighted by atomic mass is 10.3. The summed E-state index contributed by atoms with van der Waals surface area (Å²) in [6.07, 6.45) is -0.0185. The van der Waals surface area contributed by atoms with E-state index in [-0.39, 0.29) is 12.1 Å². The van der Waals surface area contributed by atoms with E-state index >= 15 is 0 Å². The molecule has 1 fully saturated rings. The van der Waals surface area contributed by atoms with Crippen molar-refractivity contribution in [2.75, 3.05) is 4.90 Å². The number of nitrogens with zero attached hydrogens (tertiary/aromatic N) is 1. The summed E-state index contributed by atoms with van der Waals surface area (Å²) in [4.78, 5) is 23.8. The highest BCUT2D eigenvalue weighted by atomic mass is 19.1. The molecule has 4 nitrogen and oxygen atoms in total. The Hall–Kier alpha value is -1.75. The van der Waals surface area contributed by atoms with Gasteiger partial charge in [0.2, 0.25) is 5.91 Å². The first-order valence-electron chi connectivity index (χ1n) is 4.47. The van der Waals surface area contributed by atoms with Gasteiger partial charge in [-0.05, 0) is 18.2 Å². The van der Waals surface area contributed by atoms with Gasteiger partial charge < -0.3 is 5.73 Å². The third kappa shape index (κ3) is 1.61. The zero-order valence-corrected chi connectivity index (χ0v) is 7.81. The normalized spacial score (nSPS) is 21.2. The van der Waals surface area contributed by atoms with Crippen molar-refractivity contribution < 1.29 is 14.0 Å². The van der Waals surface area contributed by atoms with E-state index in [1.165, 1.54) is 18.2 Å². The molecule has 2 amide bonds. The second-order valence-corrected chi connectivity index (χ2v) is 3.36. The van der Waals surface area contributed by atoms with Crippen molar-refractivity contribution >= 4 is 17.5 Å². The van der Waals surface area contributed by atoms with Crippen LogP contribution in [0.4, 0.5) is 10.1 Å². The third-order valence-corrected chi connectivity index (χ3v) is 2.25. The minimum atomic E-state index is -0.805. The number of amides is 2. The quantitative estimate of drug-likeness (QED) is 0.680. The molecule has 0 radical (unpaired) electrons. The molecule has 1 aliphatic rings. The molecule has 1 aromatic carbocycles. The summed E-state index contributed by atoms with van der Waals surface area (Å²) in [7, 11) is 0. The maximum Gasteiger partial charge on any atom is 0.251 e. The van der Waals surface area contributed by atoms with Crippen LogP contribution >= 0.6 is 0 Å². The zero-order valence-electron chi connectivity index (χ0n) is 7.81. The highest BCUT2D eigenvalue weighted by molar-refractivity contribution is 6.22. The lowest BCUT2D eigenvalue weighted by Crippen LogP contribution is -2.35. The molecule has 2 rings (SSSR count). The van der Waals surface area contributed by atoms with Crippen molar-refractivity contribution in [3.8, 4) is 0 Å². The number of hydrogen-bond donors (Lipinski definition) is 1. The van der Waals surface area contributed by atoms with Gasteiger partial charge in [0, 0.05) is 0 Å². The van der Waals surface area contributed by atoms with E-state index < -0.39 is 23.7 Å². The summed E-state index contributed by atoms with van der Waals surface area (Å²) in [5.74, 6) is -1.36. The zero-order chi connectivity index (χ0) is 11.0. The molecular weight excluding hydrogens is 199 g/mol. The topological polar surface area (TPSA) is 63.4 Å². The van der Waals surface area contributed by atoms with Gasteiger partial charge in [0.05, 0.1) is 18.2 Å². The maximum atomic E-state index is 12.9. The predicted molar refractivity (Wildman–Crippen MR) is 51.5 cm³/mol. The number of carbonyl (C=O) groups is 2. The fourth-order valence-electron chi connectivity index (χ4n) is 1.54. The molecule has 1 aliphatic heterocycles. The van der Waals surface area contributed by atoms with Crippen molar-refractivity contribution in [1.29, 1.82) is 0 Å². The maximum absolute atomic E-state index is 12.9. The summed E-state index contributed by atoms with van der Waals surface area (Å²) in [5.41, 5.74) is 5.66. The van der Waals surface area contributed by atoms with Gasteiger partial charge in [-0.25, -0.2) is 9.29 Å². The van der Waals surface area contributed by atoms with Crippen molar-refractivity contribution in [3.05, 3.63) is 30.1 Å². The van der Waals surface area contributed by atoms with Crippen LogP contribution in [0.15, 0.2) is 24.3 Å². The molecule has 0 bridgehead atoms. The predicted octanol–water partition coefficient (Wildman–Crippen LogP) is 0.416. The van der Waals surface area contributed by atoms with E-state index in [4.69, 9.17) is 5.73 Å². The number of hydrogen-bond acceptors (Lipinski definition) is 3. The Kier molecular flexibility index (Phi) is 2.24. The average molecular weight is 208 g/mol. The van der Waals surface area contributed by atoms with Crippen molar-refractivity contribution in [1.82, 2.24) is 0 Å². The van der Waals surface area contributed by atoms with Crippen LogP contribution in [-0.4, -0.2) is 17.9 Å². The summed E-state index contributed by atoms with van der Waals surface area (Å²) in [5, 5.41) is 0. The van der Waals surface area contributed by atoms with Crippen molar-refractivity contribution in [2.24, 2.45) is 5.73 Å². The minimum absolute atomic E-state index is 0.0185. The second kappa shape index (κ2) is 3.43. The highest BCUT2D eigenvalue weighted by Gasteiger charge is 2.37. The SMILES string of the molecule is NC1CC(=O)N(c2cccc(F)c2)C1=O. The summed E-state index contributed by atoms with van der Waals surface area (Å²) >= 11 is 0. The fourth-order valence-corrected chi connectivity index (χ4v) is 1.54. The molecule has 1 unspecified atom stereocenters. The number of anilines is 1. The molecule has 15 heavy (non-hydrogen) atoms. The smallest absolute Gasteiger partial charge is 0.251 e. The second-order valence-electron chi connectivity index (χ2n) is 3.36. The molecule has 0 aromatic heterocycles. The van der Waals surface area contributed by atoms with Gasteiger partial charge in [-0.1, -0.05) is 6.07 Å². The van der Waals surface area contributed by atoms with E-state index in [0.717, 1.165) is 11.0 Å². The number of rotatable bonds is 1. The minimum Gasteiger partial charge on any atom is -0.319 e. The van der Waals surface area contributed by atoms with E-state index in [0.29, 0.717) is 0 Å². The standard InChI is InChI=1S/C10H9FN2O2/c11-6-2-1-3-7(4-6)13-9(14)5-8(12)10(13)15/h1-4,8H,5,12H2. The number of imide groups is 1. The van der Waals surface area contributed by atoms with Gasteiger partial charge in [-0.15, -0.1) is 0 Å². The molecule has 1 atom stereocenters. The monoisotopic (exact) mass is 208 g/mol. The van der Waals surface area contributed by atoms with Gasteiger partial charge in [-0.3, -0.25) is 9.59 Å². The average Bonchev–Trinajstić information content (AvgIpc) is 2.41. The van der Waals surface area contributed by atoms with Crippen LogP contribution in [0.2, 0.25) is 0 Å². The van der Waals surface area contributed by atoms with Crippen LogP contribution in [0.3, 0.4) is 0 Å². The molecule has 0 aliphatic carbocycles. The molecular formula is C10H9FN2O2. The Morgan fingerprint density at radius 2 is 2.13 bits per heavy atom. The van der Waals surface area contributed by atoms with E-state index in [9.17, 15) is 14.0 Å². The number of benzene rings is 1. The molecule has 1 aromatic rings. The molecule has 0 spiro atoms. The molecule has 78 valence electrons. The highest BCUT2D eigenvalue weighted by Crippen LogP contribution is 2.22. The third-order valence-electron chi connectivity index (χ3n) is 2.25. The summed E-state index contributed by atoms with van der Waals surface area (Å²) in [6.45, 7) is 0. The van der Waals surface area contributed by atoms with E-state index in [1.807, 2.05) is 0 Å². The Morgan fingerprint density at radius 3 is 2.67 bits per heavy atom.